The third-order valence-electron chi connectivity index (χ3n) is 4.32. The number of aryl methyl sites for hydroxylation is 2. The van der Waals surface area contributed by atoms with E-state index in [1.165, 1.54) is 0 Å². The van der Waals surface area contributed by atoms with Crippen LogP contribution < -0.4 is 5.32 Å². The maximum Gasteiger partial charge on any atom is 0.130 e. The summed E-state index contributed by atoms with van der Waals surface area (Å²) in [6.45, 7) is 9.76. The molecule has 1 rings (SSSR count). The molecule has 1 heterocycles. The Kier molecular flexibility index (Phi) is 6.05. The summed E-state index contributed by atoms with van der Waals surface area (Å²) in [5.41, 5.74) is 2.22. The number of rotatable bonds is 7. The SMILES string of the molecule is CCCNC(Cc1c(C)nn(C)c1Cl)C(C)(C)N(C)C. The maximum absolute atomic E-state index is 6.38. The highest BCUT2D eigenvalue weighted by atomic mass is 35.5. The monoisotopic (exact) mass is 300 g/mol. The van der Waals surface area contributed by atoms with E-state index in [4.69, 9.17) is 11.6 Å². The van der Waals surface area contributed by atoms with Gasteiger partial charge in [0.25, 0.3) is 0 Å². The summed E-state index contributed by atoms with van der Waals surface area (Å²) in [6.07, 6.45) is 2.02. The number of hydrogen-bond donors (Lipinski definition) is 1. The number of aromatic nitrogens is 2. The molecule has 0 saturated carbocycles. The fourth-order valence-electron chi connectivity index (χ4n) is 2.31. The van der Waals surface area contributed by atoms with Crippen LogP contribution in [-0.2, 0) is 13.5 Å². The smallest absolute Gasteiger partial charge is 0.130 e. The number of nitrogens with one attached hydrogen (secondary N) is 1. The molecule has 1 aromatic rings. The third kappa shape index (κ3) is 3.74. The van der Waals surface area contributed by atoms with Crippen molar-refractivity contribution in [2.45, 2.75) is 52.1 Å². The number of nitrogens with zero attached hydrogens (tertiary/aromatic N) is 3. The topological polar surface area (TPSA) is 33.1 Å². The molecule has 0 bridgehead atoms. The molecule has 1 unspecified atom stereocenters. The molecule has 116 valence electrons. The summed E-state index contributed by atoms with van der Waals surface area (Å²) in [4.78, 5) is 2.26. The molecule has 0 aromatic carbocycles. The number of halogens is 1. The van der Waals surface area contributed by atoms with E-state index in [1.807, 2.05) is 14.0 Å². The third-order valence-corrected chi connectivity index (χ3v) is 4.80. The Bertz CT molecular complexity index is 437. The van der Waals surface area contributed by atoms with Crippen molar-refractivity contribution in [2.24, 2.45) is 7.05 Å². The van der Waals surface area contributed by atoms with Crippen molar-refractivity contribution in [3.8, 4) is 0 Å². The predicted octanol–water partition coefficient (Wildman–Crippen LogP) is 2.63. The van der Waals surface area contributed by atoms with Crippen molar-refractivity contribution in [3.63, 3.8) is 0 Å². The molecule has 0 aliphatic heterocycles. The van der Waals surface area contributed by atoms with E-state index in [9.17, 15) is 0 Å². The fraction of sp³-hybridized carbons (Fsp3) is 0.800. The fourth-order valence-corrected chi connectivity index (χ4v) is 2.56. The van der Waals surface area contributed by atoms with Crippen LogP contribution in [0.3, 0.4) is 0 Å². The molecule has 4 nitrogen and oxygen atoms in total. The van der Waals surface area contributed by atoms with Gasteiger partial charge >= 0.3 is 0 Å². The van der Waals surface area contributed by atoms with Gasteiger partial charge in [0.05, 0.1) is 5.69 Å². The first kappa shape index (κ1) is 17.5. The van der Waals surface area contributed by atoms with E-state index in [1.54, 1.807) is 4.68 Å². The zero-order valence-electron chi connectivity index (χ0n) is 13.9. The lowest BCUT2D eigenvalue weighted by molar-refractivity contribution is 0.137. The Balaban J connectivity index is 3.00. The lowest BCUT2D eigenvalue weighted by Gasteiger charge is -2.41. The Morgan fingerprint density at radius 2 is 2.00 bits per heavy atom. The predicted molar refractivity (Wildman–Crippen MR) is 86.5 cm³/mol. The van der Waals surface area contributed by atoms with E-state index in [2.05, 4.69) is 50.2 Å². The molecule has 1 aromatic heterocycles. The quantitative estimate of drug-likeness (QED) is 0.840. The first-order valence-electron chi connectivity index (χ1n) is 7.30. The Hall–Kier alpha value is -0.580. The molecule has 1 atom stereocenters. The van der Waals surface area contributed by atoms with Gasteiger partial charge in [0.1, 0.15) is 5.15 Å². The molecule has 0 fully saturated rings. The highest BCUT2D eigenvalue weighted by molar-refractivity contribution is 6.30. The minimum atomic E-state index is 0.0424. The second-order valence-electron chi connectivity index (χ2n) is 6.24. The van der Waals surface area contributed by atoms with Crippen LogP contribution in [0, 0.1) is 6.92 Å². The van der Waals surface area contributed by atoms with Gasteiger partial charge in [-0.3, -0.25) is 4.68 Å². The van der Waals surface area contributed by atoms with Crippen molar-refractivity contribution in [1.29, 1.82) is 0 Å². The van der Waals surface area contributed by atoms with Gasteiger partial charge in [-0.15, -0.1) is 0 Å². The maximum atomic E-state index is 6.38. The Labute approximate surface area is 128 Å². The molecule has 0 amide bonds. The van der Waals surface area contributed by atoms with Crippen molar-refractivity contribution in [1.82, 2.24) is 20.0 Å². The van der Waals surface area contributed by atoms with Crippen molar-refractivity contribution < 1.29 is 0 Å². The molecule has 5 heteroatoms. The van der Waals surface area contributed by atoms with E-state index in [-0.39, 0.29) is 5.54 Å². The highest BCUT2D eigenvalue weighted by Crippen LogP contribution is 2.25. The summed E-state index contributed by atoms with van der Waals surface area (Å²) in [5.74, 6) is 0. The van der Waals surface area contributed by atoms with Gasteiger partial charge in [-0.2, -0.15) is 5.10 Å². The lowest BCUT2D eigenvalue weighted by Crippen LogP contribution is -2.56. The van der Waals surface area contributed by atoms with Crippen LogP contribution in [0.5, 0.6) is 0 Å². The molecule has 1 N–H and O–H groups in total. The molecule has 0 radical (unpaired) electrons. The molecule has 0 aliphatic carbocycles. The van der Waals surface area contributed by atoms with Gasteiger partial charge in [-0.25, -0.2) is 0 Å². The molecular formula is C15H29ClN4. The molecular weight excluding hydrogens is 272 g/mol. The Morgan fingerprint density at radius 1 is 1.40 bits per heavy atom. The van der Waals surface area contributed by atoms with Crippen molar-refractivity contribution in [2.75, 3.05) is 20.6 Å². The van der Waals surface area contributed by atoms with Gasteiger partial charge in [-0.05, 0) is 54.3 Å². The van der Waals surface area contributed by atoms with Gasteiger partial charge in [0.2, 0.25) is 0 Å². The summed E-state index contributed by atoms with van der Waals surface area (Å²) < 4.78 is 1.76. The molecule has 0 saturated heterocycles. The zero-order valence-corrected chi connectivity index (χ0v) is 14.7. The van der Waals surface area contributed by atoms with Crippen molar-refractivity contribution >= 4 is 11.6 Å². The van der Waals surface area contributed by atoms with Crippen LogP contribution in [0.1, 0.15) is 38.4 Å². The van der Waals surface area contributed by atoms with Crippen LogP contribution in [0.25, 0.3) is 0 Å². The van der Waals surface area contributed by atoms with Crippen molar-refractivity contribution in [3.05, 3.63) is 16.4 Å². The Morgan fingerprint density at radius 3 is 2.40 bits per heavy atom. The normalized spacial score (nSPS) is 14.1. The minimum absolute atomic E-state index is 0.0424. The molecule has 0 spiro atoms. The largest absolute Gasteiger partial charge is 0.312 e. The first-order chi connectivity index (χ1) is 9.21. The number of likely N-dealkylation sites (N-methyl/N-ethyl adjacent to an activating group) is 1. The number of hydrogen-bond acceptors (Lipinski definition) is 3. The van der Waals surface area contributed by atoms with E-state index in [0.29, 0.717) is 6.04 Å². The zero-order chi connectivity index (χ0) is 15.5. The summed E-state index contributed by atoms with van der Waals surface area (Å²) >= 11 is 6.38. The second kappa shape index (κ2) is 6.92. The van der Waals surface area contributed by atoms with Gasteiger partial charge in [0, 0.05) is 24.2 Å². The van der Waals surface area contributed by atoms with Crippen LogP contribution >= 0.6 is 11.6 Å². The molecule has 20 heavy (non-hydrogen) atoms. The van der Waals surface area contributed by atoms with Gasteiger partial charge < -0.3 is 10.2 Å². The summed E-state index contributed by atoms with van der Waals surface area (Å²) in [7, 11) is 6.14. The van der Waals surface area contributed by atoms with Crippen LogP contribution in [0.15, 0.2) is 0 Å². The summed E-state index contributed by atoms with van der Waals surface area (Å²) in [5, 5.41) is 8.83. The van der Waals surface area contributed by atoms with E-state index >= 15 is 0 Å². The van der Waals surface area contributed by atoms with Crippen LogP contribution in [-0.4, -0.2) is 46.9 Å². The molecule has 0 aliphatic rings. The van der Waals surface area contributed by atoms with Gasteiger partial charge in [-0.1, -0.05) is 18.5 Å². The summed E-state index contributed by atoms with van der Waals surface area (Å²) in [6, 6.07) is 0.331. The lowest BCUT2D eigenvalue weighted by atomic mass is 9.88. The average Bonchev–Trinajstić information content (AvgIpc) is 2.59. The second-order valence-corrected chi connectivity index (χ2v) is 6.60. The van der Waals surface area contributed by atoms with Crippen LogP contribution in [0.4, 0.5) is 0 Å². The van der Waals surface area contributed by atoms with E-state index < -0.39 is 0 Å². The minimum Gasteiger partial charge on any atom is -0.312 e. The van der Waals surface area contributed by atoms with Gasteiger partial charge in [0.15, 0.2) is 0 Å². The first-order valence-corrected chi connectivity index (χ1v) is 7.68. The average molecular weight is 301 g/mol. The highest BCUT2D eigenvalue weighted by Gasteiger charge is 2.32. The van der Waals surface area contributed by atoms with Crippen LogP contribution in [0.2, 0.25) is 5.15 Å². The standard InChI is InChI=1S/C15H29ClN4/c1-8-9-17-13(15(3,4)19(5)6)10-12-11(2)18-20(7)14(12)16/h13,17H,8-10H2,1-7H3. The van der Waals surface area contributed by atoms with E-state index in [0.717, 1.165) is 35.8 Å².